The summed E-state index contributed by atoms with van der Waals surface area (Å²) in [6, 6.07) is 10.8. The van der Waals surface area contributed by atoms with Crippen molar-refractivity contribution < 1.29 is 0 Å². The molecule has 1 aromatic rings. The van der Waals surface area contributed by atoms with Crippen LogP contribution in [0.25, 0.3) is 0 Å². The number of benzene rings is 1. The molecule has 0 amide bonds. The van der Waals surface area contributed by atoms with Crippen molar-refractivity contribution in [3.63, 3.8) is 0 Å². The van der Waals surface area contributed by atoms with Gasteiger partial charge in [-0.2, -0.15) is 0 Å². The fraction of sp³-hybridized carbons (Fsp3) is 0.545. The Balaban J connectivity index is 2.51. The van der Waals surface area contributed by atoms with Crippen molar-refractivity contribution in [3.8, 4) is 0 Å². The lowest BCUT2D eigenvalue weighted by Gasteiger charge is -2.46. The maximum atomic E-state index is 6.68. The topological polar surface area (TPSA) is 26.0 Å². The maximum absolute atomic E-state index is 6.68. The summed E-state index contributed by atoms with van der Waals surface area (Å²) in [6.07, 6.45) is 4.55. The molecule has 1 aromatic carbocycles. The molecule has 0 fully saturated rings. The monoisotopic (exact) mass is 311 g/mol. The number of hydrogen-bond acceptors (Lipinski definition) is 1. The van der Waals surface area contributed by atoms with Crippen molar-refractivity contribution in [3.05, 3.63) is 58.8 Å². The molecule has 2 rings (SSSR count). The third-order valence-electron chi connectivity index (χ3n) is 5.99. The quantitative estimate of drug-likeness (QED) is 0.731. The second-order valence-corrected chi connectivity index (χ2v) is 8.91. The van der Waals surface area contributed by atoms with E-state index in [4.69, 9.17) is 5.73 Å². The van der Waals surface area contributed by atoms with E-state index in [1.54, 1.807) is 0 Å². The maximum Gasteiger partial charge on any atom is 0.0346 e. The van der Waals surface area contributed by atoms with Gasteiger partial charge >= 0.3 is 0 Å². The first-order valence-corrected chi connectivity index (χ1v) is 8.75. The van der Waals surface area contributed by atoms with Crippen LogP contribution in [-0.4, -0.2) is 0 Å². The van der Waals surface area contributed by atoms with Crippen molar-refractivity contribution in [1.82, 2.24) is 0 Å². The molecule has 23 heavy (non-hydrogen) atoms. The number of hydrogen-bond donors (Lipinski definition) is 1. The van der Waals surface area contributed by atoms with Crippen LogP contribution in [0.5, 0.6) is 0 Å². The Bertz CT molecular complexity index is 622. The van der Waals surface area contributed by atoms with Crippen LogP contribution in [0.1, 0.15) is 66.9 Å². The van der Waals surface area contributed by atoms with Crippen LogP contribution in [0.15, 0.2) is 53.3 Å². The smallest absolute Gasteiger partial charge is 0.0346 e. The minimum absolute atomic E-state index is 0.00501. The first kappa shape index (κ1) is 17.8. The summed E-state index contributed by atoms with van der Waals surface area (Å²) in [5.74, 6) is 0. The highest BCUT2D eigenvalue weighted by Gasteiger charge is 2.43. The lowest BCUT2D eigenvalue weighted by Crippen LogP contribution is -2.40. The number of allylic oxidation sites excluding steroid dienone is 3. The predicted molar refractivity (Wildman–Crippen MR) is 101 cm³/mol. The summed E-state index contributed by atoms with van der Waals surface area (Å²) in [5, 5.41) is 0. The van der Waals surface area contributed by atoms with Gasteiger partial charge in [0.2, 0.25) is 0 Å². The summed E-state index contributed by atoms with van der Waals surface area (Å²) in [6.45, 7) is 16.2. The molecule has 1 aliphatic rings. The molecule has 1 nitrogen and oxygen atoms in total. The molecule has 2 N–H and O–H groups in total. The van der Waals surface area contributed by atoms with Crippen LogP contribution in [0, 0.1) is 10.8 Å². The lowest BCUT2D eigenvalue weighted by atomic mass is 9.58. The summed E-state index contributed by atoms with van der Waals surface area (Å²) >= 11 is 0. The van der Waals surface area contributed by atoms with E-state index in [0.717, 1.165) is 18.5 Å². The molecule has 0 radical (unpaired) electrons. The van der Waals surface area contributed by atoms with E-state index in [-0.39, 0.29) is 16.2 Å². The Morgan fingerprint density at radius 2 is 1.39 bits per heavy atom. The molecule has 0 heterocycles. The molecule has 0 aromatic heterocycles. The molecule has 0 saturated heterocycles. The molecule has 1 heteroatoms. The van der Waals surface area contributed by atoms with E-state index in [1.807, 2.05) is 0 Å². The van der Waals surface area contributed by atoms with Crippen molar-refractivity contribution >= 4 is 0 Å². The largest absolute Gasteiger partial charge is 0.399 e. The van der Waals surface area contributed by atoms with Gasteiger partial charge in [0.25, 0.3) is 0 Å². The molecular formula is C22H33N. The molecule has 0 spiro atoms. The van der Waals surface area contributed by atoms with Crippen molar-refractivity contribution in [2.75, 3.05) is 0 Å². The van der Waals surface area contributed by atoms with Gasteiger partial charge in [-0.05, 0) is 40.4 Å². The Labute approximate surface area is 142 Å². The highest BCUT2D eigenvalue weighted by molar-refractivity contribution is 5.45. The Morgan fingerprint density at radius 3 is 1.91 bits per heavy atom. The normalized spacial score (nSPS) is 17.3. The van der Waals surface area contributed by atoms with Crippen molar-refractivity contribution in [2.45, 2.75) is 66.7 Å². The van der Waals surface area contributed by atoms with E-state index in [1.165, 1.54) is 16.7 Å². The zero-order valence-electron chi connectivity index (χ0n) is 16.0. The summed E-state index contributed by atoms with van der Waals surface area (Å²) in [4.78, 5) is 0. The SMILES string of the molecule is CC(C)(C)C1=C(N)C(C(C)(C)C(C)(C)c2ccccc2)=CCC1. The zero-order chi connectivity index (χ0) is 17.5. The van der Waals surface area contributed by atoms with E-state index in [0.29, 0.717) is 0 Å². The lowest BCUT2D eigenvalue weighted by molar-refractivity contribution is 0.248. The molecule has 0 unspecified atom stereocenters. The fourth-order valence-electron chi connectivity index (χ4n) is 3.69. The van der Waals surface area contributed by atoms with E-state index in [9.17, 15) is 0 Å². The van der Waals surface area contributed by atoms with Crippen LogP contribution in [0.4, 0.5) is 0 Å². The average Bonchev–Trinajstić information content (AvgIpc) is 2.46. The standard InChI is InChI=1S/C22H33N/c1-20(2,3)17-14-11-15-18(19(17)23)22(6,7)21(4,5)16-12-9-8-10-13-16/h8-10,12-13,15H,11,14,23H2,1-7H3. The van der Waals surface area contributed by atoms with Gasteiger partial charge in [0.1, 0.15) is 0 Å². The average molecular weight is 312 g/mol. The minimum atomic E-state index is -0.0324. The Morgan fingerprint density at radius 1 is 0.826 bits per heavy atom. The first-order valence-electron chi connectivity index (χ1n) is 8.75. The van der Waals surface area contributed by atoms with Crippen LogP contribution < -0.4 is 5.73 Å². The Kier molecular flexibility index (Phi) is 4.54. The third kappa shape index (κ3) is 3.11. The third-order valence-corrected chi connectivity index (χ3v) is 5.99. The predicted octanol–water partition coefficient (Wildman–Crippen LogP) is 5.97. The van der Waals surface area contributed by atoms with Gasteiger partial charge in [0, 0.05) is 11.1 Å². The van der Waals surface area contributed by atoms with Crippen molar-refractivity contribution in [1.29, 1.82) is 0 Å². The van der Waals surface area contributed by atoms with Crippen LogP contribution in [-0.2, 0) is 5.41 Å². The van der Waals surface area contributed by atoms with Gasteiger partial charge < -0.3 is 5.73 Å². The minimum Gasteiger partial charge on any atom is -0.399 e. The highest BCUT2D eigenvalue weighted by atomic mass is 14.6. The number of rotatable bonds is 3. The molecule has 0 saturated carbocycles. The fourth-order valence-corrected chi connectivity index (χ4v) is 3.69. The molecular weight excluding hydrogens is 278 g/mol. The first-order chi connectivity index (χ1) is 10.5. The summed E-state index contributed by atoms with van der Waals surface area (Å²) in [5.41, 5.74) is 11.9. The molecule has 0 aliphatic heterocycles. The summed E-state index contributed by atoms with van der Waals surface area (Å²) in [7, 11) is 0. The van der Waals surface area contributed by atoms with Gasteiger partial charge in [-0.1, -0.05) is 84.9 Å². The van der Waals surface area contributed by atoms with E-state index in [2.05, 4.69) is 84.9 Å². The summed E-state index contributed by atoms with van der Waals surface area (Å²) < 4.78 is 0. The molecule has 1 aliphatic carbocycles. The van der Waals surface area contributed by atoms with Crippen LogP contribution in [0.2, 0.25) is 0 Å². The molecule has 126 valence electrons. The van der Waals surface area contributed by atoms with Crippen LogP contribution in [0.3, 0.4) is 0 Å². The van der Waals surface area contributed by atoms with Gasteiger partial charge in [0.15, 0.2) is 0 Å². The van der Waals surface area contributed by atoms with E-state index < -0.39 is 0 Å². The second kappa shape index (κ2) is 5.85. The molecule has 0 bridgehead atoms. The van der Waals surface area contributed by atoms with Gasteiger partial charge in [-0.25, -0.2) is 0 Å². The van der Waals surface area contributed by atoms with Gasteiger partial charge in [-0.3, -0.25) is 0 Å². The number of nitrogens with two attached hydrogens (primary N) is 1. The molecule has 0 atom stereocenters. The highest BCUT2D eigenvalue weighted by Crippen LogP contribution is 2.50. The van der Waals surface area contributed by atoms with Crippen molar-refractivity contribution in [2.24, 2.45) is 16.6 Å². The van der Waals surface area contributed by atoms with Crippen LogP contribution >= 0.6 is 0 Å². The van der Waals surface area contributed by atoms with E-state index >= 15 is 0 Å². The Hall–Kier alpha value is -1.50. The zero-order valence-corrected chi connectivity index (χ0v) is 16.0. The van der Waals surface area contributed by atoms with Gasteiger partial charge in [-0.15, -0.1) is 0 Å². The van der Waals surface area contributed by atoms with Gasteiger partial charge in [0.05, 0.1) is 0 Å². The second-order valence-electron chi connectivity index (χ2n) is 8.91.